The highest BCUT2D eigenvalue weighted by Gasteiger charge is 2.46. The summed E-state index contributed by atoms with van der Waals surface area (Å²) < 4.78 is 25.1. The van der Waals surface area contributed by atoms with E-state index in [0.29, 0.717) is 22.5 Å². The van der Waals surface area contributed by atoms with E-state index in [9.17, 15) is 14.3 Å². The number of rotatable bonds is 7. The second-order valence-electron chi connectivity index (χ2n) is 6.56. The van der Waals surface area contributed by atoms with E-state index in [1.54, 1.807) is 50.2 Å². The van der Waals surface area contributed by atoms with E-state index >= 15 is 0 Å². The van der Waals surface area contributed by atoms with Gasteiger partial charge in [-0.3, -0.25) is 0 Å². The Morgan fingerprint density at radius 1 is 1.00 bits per heavy atom. The Labute approximate surface area is 168 Å². The molecule has 0 aliphatic rings. The lowest BCUT2D eigenvalue weighted by atomic mass is 9.81. The molecule has 0 radical (unpaired) electrons. The van der Waals surface area contributed by atoms with E-state index in [4.69, 9.17) is 9.47 Å². The second-order valence-corrected chi connectivity index (χ2v) is 6.56. The highest BCUT2D eigenvalue weighted by Crippen LogP contribution is 2.38. The summed E-state index contributed by atoms with van der Waals surface area (Å²) in [5.41, 5.74) is 0.483. The van der Waals surface area contributed by atoms with Crippen LogP contribution in [0.4, 0.5) is 4.39 Å². The summed E-state index contributed by atoms with van der Waals surface area (Å²) >= 11 is 0. The van der Waals surface area contributed by atoms with Crippen LogP contribution in [0.5, 0.6) is 6.01 Å². The SMILES string of the molecule is CO[C@](c1ccccc1)(c1ccc(F)cc1)[C@@H](Oc1nc(C)cc(C)n1)C(=O)[O-]. The minimum absolute atomic E-state index is 0.115. The van der Waals surface area contributed by atoms with E-state index < -0.39 is 23.5 Å². The van der Waals surface area contributed by atoms with Gasteiger partial charge in [0.05, 0.1) is 5.97 Å². The average Bonchev–Trinajstić information content (AvgIpc) is 2.69. The van der Waals surface area contributed by atoms with E-state index in [-0.39, 0.29) is 6.01 Å². The zero-order chi connectivity index (χ0) is 21.0. The Hall–Kier alpha value is -3.32. The molecule has 0 unspecified atom stereocenters. The molecule has 0 aliphatic heterocycles. The molecule has 0 fully saturated rings. The molecule has 2 aromatic carbocycles. The van der Waals surface area contributed by atoms with Crippen molar-refractivity contribution in [1.82, 2.24) is 9.97 Å². The topological polar surface area (TPSA) is 84.4 Å². The third-order valence-corrected chi connectivity index (χ3v) is 4.57. The fourth-order valence-electron chi connectivity index (χ4n) is 3.34. The van der Waals surface area contributed by atoms with Gasteiger partial charge in [-0.1, -0.05) is 42.5 Å². The van der Waals surface area contributed by atoms with Crippen molar-refractivity contribution in [3.05, 3.63) is 89.0 Å². The fourth-order valence-corrected chi connectivity index (χ4v) is 3.34. The van der Waals surface area contributed by atoms with Crippen LogP contribution in [-0.2, 0) is 15.1 Å². The number of ether oxygens (including phenoxy) is 2. The number of methoxy groups -OCH3 is 1. The number of benzene rings is 2. The van der Waals surface area contributed by atoms with Crippen LogP contribution >= 0.6 is 0 Å². The summed E-state index contributed by atoms with van der Waals surface area (Å²) in [5.74, 6) is -1.99. The van der Waals surface area contributed by atoms with Gasteiger partial charge in [-0.05, 0) is 43.2 Å². The number of hydrogen-bond donors (Lipinski definition) is 0. The van der Waals surface area contributed by atoms with Crippen molar-refractivity contribution in [2.45, 2.75) is 25.6 Å². The van der Waals surface area contributed by atoms with Gasteiger partial charge < -0.3 is 19.4 Å². The molecule has 0 saturated heterocycles. The zero-order valence-electron chi connectivity index (χ0n) is 16.3. The number of carboxylic acids is 1. The summed E-state index contributed by atoms with van der Waals surface area (Å²) in [6.45, 7) is 3.49. The lowest BCUT2D eigenvalue weighted by Crippen LogP contribution is -2.55. The number of carbonyl (C=O) groups excluding carboxylic acids is 1. The third-order valence-electron chi connectivity index (χ3n) is 4.57. The first-order chi connectivity index (χ1) is 13.9. The predicted molar refractivity (Wildman–Crippen MR) is 102 cm³/mol. The molecule has 0 spiro atoms. The summed E-state index contributed by atoms with van der Waals surface area (Å²) in [5, 5.41) is 12.2. The standard InChI is InChI=1S/C22H21FN2O4/c1-14-13-15(2)25-21(24-14)29-19(20(26)27)22(28-3,16-7-5-4-6-8-16)17-9-11-18(23)12-10-17/h4-13,19H,1-3H3,(H,26,27)/p-1/t19-,22+/m0/s1. The number of carboxylic acid groups (broad SMARTS) is 1. The van der Waals surface area contributed by atoms with Crippen molar-refractivity contribution in [2.24, 2.45) is 0 Å². The monoisotopic (exact) mass is 395 g/mol. The first-order valence-electron chi connectivity index (χ1n) is 8.93. The third kappa shape index (κ3) is 4.09. The number of halogens is 1. The molecule has 6 nitrogen and oxygen atoms in total. The number of carbonyl (C=O) groups is 1. The van der Waals surface area contributed by atoms with Gasteiger partial charge in [0, 0.05) is 18.5 Å². The van der Waals surface area contributed by atoms with Gasteiger partial charge in [-0.25, -0.2) is 14.4 Å². The summed E-state index contributed by atoms with van der Waals surface area (Å²) in [6, 6.07) is 15.7. The molecular weight excluding hydrogens is 375 g/mol. The molecule has 1 aromatic heterocycles. The minimum Gasteiger partial charge on any atom is -0.546 e. The van der Waals surface area contributed by atoms with Gasteiger partial charge in [-0.2, -0.15) is 0 Å². The Kier molecular flexibility index (Phi) is 5.89. The lowest BCUT2D eigenvalue weighted by molar-refractivity contribution is -0.320. The smallest absolute Gasteiger partial charge is 0.317 e. The van der Waals surface area contributed by atoms with Crippen LogP contribution in [-0.4, -0.2) is 29.2 Å². The molecule has 3 rings (SSSR count). The molecule has 7 heteroatoms. The highest BCUT2D eigenvalue weighted by molar-refractivity contribution is 5.74. The Bertz CT molecular complexity index is 975. The quantitative estimate of drug-likeness (QED) is 0.610. The minimum atomic E-state index is -1.65. The zero-order valence-corrected chi connectivity index (χ0v) is 16.3. The Balaban J connectivity index is 2.21. The van der Waals surface area contributed by atoms with Gasteiger partial charge in [-0.15, -0.1) is 0 Å². The maximum atomic E-state index is 13.6. The van der Waals surface area contributed by atoms with Crippen LogP contribution in [0.25, 0.3) is 0 Å². The average molecular weight is 395 g/mol. The number of aryl methyl sites for hydroxylation is 2. The van der Waals surface area contributed by atoms with Crippen molar-refractivity contribution in [2.75, 3.05) is 7.11 Å². The van der Waals surface area contributed by atoms with Gasteiger partial charge >= 0.3 is 6.01 Å². The molecule has 0 N–H and O–H groups in total. The largest absolute Gasteiger partial charge is 0.546 e. The van der Waals surface area contributed by atoms with Crippen LogP contribution in [0.1, 0.15) is 22.5 Å². The molecule has 3 aromatic rings. The molecule has 0 amide bonds. The molecule has 0 bridgehead atoms. The van der Waals surface area contributed by atoms with Crippen molar-refractivity contribution in [3.63, 3.8) is 0 Å². The van der Waals surface area contributed by atoms with Gasteiger partial charge in [0.2, 0.25) is 0 Å². The molecule has 2 atom stereocenters. The maximum absolute atomic E-state index is 13.6. The Morgan fingerprint density at radius 3 is 2.07 bits per heavy atom. The number of hydrogen-bond acceptors (Lipinski definition) is 6. The van der Waals surface area contributed by atoms with E-state index in [2.05, 4.69) is 9.97 Å². The molecule has 0 saturated carbocycles. The van der Waals surface area contributed by atoms with Crippen LogP contribution in [0, 0.1) is 19.7 Å². The fraction of sp³-hybridized carbons (Fsp3) is 0.227. The van der Waals surface area contributed by atoms with E-state index in [1.807, 2.05) is 0 Å². The normalized spacial score (nSPS) is 14.1. The molecule has 1 heterocycles. The number of nitrogens with zero attached hydrogens (tertiary/aromatic N) is 2. The van der Waals surface area contributed by atoms with Gasteiger partial charge in [0.25, 0.3) is 0 Å². The molecule has 0 aliphatic carbocycles. The number of aromatic nitrogens is 2. The van der Waals surface area contributed by atoms with E-state index in [1.165, 1.54) is 31.4 Å². The molecule has 29 heavy (non-hydrogen) atoms. The summed E-state index contributed by atoms with van der Waals surface area (Å²) in [6.07, 6.45) is -1.65. The maximum Gasteiger partial charge on any atom is 0.317 e. The number of aliphatic carboxylic acids is 1. The van der Waals surface area contributed by atoms with E-state index in [0.717, 1.165) is 0 Å². The van der Waals surface area contributed by atoms with Crippen LogP contribution in [0.2, 0.25) is 0 Å². The second kappa shape index (κ2) is 8.36. The van der Waals surface area contributed by atoms with Gasteiger partial charge in [0.1, 0.15) is 5.82 Å². The molecular formula is C22H20FN2O4-. The predicted octanol–water partition coefficient (Wildman–Crippen LogP) is 2.32. The Morgan fingerprint density at radius 2 is 1.55 bits per heavy atom. The first kappa shape index (κ1) is 20.4. The first-order valence-corrected chi connectivity index (χ1v) is 8.93. The van der Waals surface area contributed by atoms with Crippen molar-refractivity contribution in [1.29, 1.82) is 0 Å². The van der Waals surface area contributed by atoms with Crippen LogP contribution in [0.15, 0.2) is 60.7 Å². The lowest BCUT2D eigenvalue weighted by Gasteiger charge is -2.40. The van der Waals surface area contributed by atoms with Gasteiger partial charge in [0.15, 0.2) is 11.7 Å². The van der Waals surface area contributed by atoms with Crippen molar-refractivity contribution < 1.29 is 23.8 Å². The van der Waals surface area contributed by atoms with Crippen LogP contribution < -0.4 is 9.84 Å². The van der Waals surface area contributed by atoms with Crippen molar-refractivity contribution >= 4 is 5.97 Å². The van der Waals surface area contributed by atoms with Crippen LogP contribution in [0.3, 0.4) is 0 Å². The summed E-state index contributed by atoms with van der Waals surface area (Å²) in [4.78, 5) is 20.6. The molecule has 150 valence electrons. The summed E-state index contributed by atoms with van der Waals surface area (Å²) in [7, 11) is 1.36. The highest BCUT2D eigenvalue weighted by atomic mass is 19.1. The van der Waals surface area contributed by atoms with Crippen molar-refractivity contribution in [3.8, 4) is 6.01 Å².